The molecule has 10 heteroatoms. The van der Waals surface area contributed by atoms with Crippen molar-refractivity contribution in [2.24, 2.45) is 0 Å². The summed E-state index contributed by atoms with van der Waals surface area (Å²) in [6.07, 6.45) is -8.43. The molecule has 0 aromatic carbocycles. The number of phosphoric ester groups is 1. The normalized spacial score (nSPS) is 44.0. The first-order valence-corrected chi connectivity index (χ1v) is 5.78. The van der Waals surface area contributed by atoms with Crippen molar-refractivity contribution in [1.29, 1.82) is 0 Å². The van der Waals surface area contributed by atoms with Crippen LogP contribution in [0.4, 0.5) is 0 Å². The summed E-state index contributed by atoms with van der Waals surface area (Å²) >= 11 is 0. The van der Waals surface area contributed by atoms with E-state index in [9.17, 15) is 24.8 Å². The Bertz CT molecular complexity index is 275. The Balaban J connectivity index is 2.75. The van der Waals surface area contributed by atoms with Crippen LogP contribution in [0.3, 0.4) is 0 Å². The number of aliphatic hydroxyl groups is 4. The molecule has 0 aliphatic carbocycles. The minimum absolute atomic E-state index is 0.723. The molecule has 0 amide bonds. The van der Waals surface area contributed by atoms with Gasteiger partial charge in [0.1, 0.15) is 24.4 Å². The molecule has 1 fully saturated rings. The number of rotatable bonds is 3. The van der Waals surface area contributed by atoms with Gasteiger partial charge in [0.15, 0.2) is 6.29 Å². The summed E-state index contributed by atoms with van der Waals surface area (Å²) in [5, 5.41) is 36.5. The predicted molar refractivity (Wildman–Crippen MR) is 44.7 cm³/mol. The van der Waals surface area contributed by atoms with Gasteiger partial charge in [0.2, 0.25) is 0 Å². The van der Waals surface area contributed by atoms with Crippen LogP contribution in [0, 0.1) is 0 Å². The van der Waals surface area contributed by atoms with E-state index in [1.165, 1.54) is 0 Å². The first kappa shape index (κ1) is 14.0. The fourth-order valence-electron chi connectivity index (χ4n) is 1.29. The fraction of sp³-hybridized carbons (Fsp3) is 1.00. The van der Waals surface area contributed by atoms with E-state index in [1.807, 2.05) is 0 Å². The Morgan fingerprint density at radius 3 is 2.25 bits per heavy atom. The number of phosphoric acid groups is 1. The highest BCUT2D eigenvalue weighted by atomic mass is 31.2. The standard InChI is InChI=1S/C6H13O9P/c7-1-2-3(8)4(9)5(10)6(14-2)15-16(11,12)13/h2-10H,1H2,(H2,11,12,13)/p-1/t2-,3+,4+,5-,6-/m1/s1. The summed E-state index contributed by atoms with van der Waals surface area (Å²) in [6, 6.07) is 0. The highest BCUT2D eigenvalue weighted by Gasteiger charge is 2.45. The Kier molecular flexibility index (Phi) is 4.41. The summed E-state index contributed by atoms with van der Waals surface area (Å²) in [4.78, 5) is 18.8. The van der Waals surface area contributed by atoms with Crippen LogP contribution in [-0.2, 0) is 13.8 Å². The van der Waals surface area contributed by atoms with Gasteiger partial charge in [0.25, 0.3) is 7.82 Å². The van der Waals surface area contributed by atoms with Crippen molar-refractivity contribution in [3.63, 3.8) is 0 Å². The lowest BCUT2D eigenvalue weighted by Gasteiger charge is -2.40. The van der Waals surface area contributed by atoms with Crippen LogP contribution in [0.1, 0.15) is 0 Å². The lowest BCUT2D eigenvalue weighted by molar-refractivity contribution is -0.302. The van der Waals surface area contributed by atoms with E-state index in [4.69, 9.17) is 10.00 Å². The third-order valence-electron chi connectivity index (χ3n) is 2.09. The van der Waals surface area contributed by atoms with Crippen LogP contribution >= 0.6 is 7.82 Å². The molecule has 0 saturated carbocycles. The Hall–Kier alpha value is -0.0900. The molecular formula is C6H12O9P-. The average molecular weight is 259 g/mol. The highest BCUT2D eigenvalue weighted by Crippen LogP contribution is 2.36. The average Bonchev–Trinajstić information content (AvgIpc) is 2.17. The Morgan fingerprint density at radius 2 is 1.81 bits per heavy atom. The fourth-order valence-corrected chi connectivity index (χ4v) is 1.72. The molecule has 1 aliphatic rings. The van der Waals surface area contributed by atoms with Gasteiger partial charge in [0, 0.05) is 0 Å². The second-order valence-electron chi connectivity index (χ2n) is 3.27. The van der Waals surface area contributed by atoms with Gasteiger partial charge >= 0.3 is 0 Å². The molecular weight excluding hydrogens is 247 g/mol. The minimum atomic E-state index is -5.16. The van der Waals surface area contributed by atoms with Gasteiger partial charge in [-0.25, -0.2) is 0 Å². The molecule has 1 aliphatic heterocycles. The molecule has 0 spiro atoms. The van der Waals surface area contributed by atoms with E-state index in [0.29, 0.717) is 0 Å². The quantitative estimate of drug-likeness (QED) is 0.321. The molecule has 9 nitrogen and oxygen atoms in total. The van der Waals surface area contributed by atoms with E-state index in [-0.39, 0.29) is 0 Å². The maximum atomic E-state index is 10.4. The van der Waals surface area contributed by atoms with Gasteiger partial charge in [-0.1, -0.05) is 0 Å². The molecule has 1 unspecified atom stereocenters. The Morgan fingerprint density at radius 1 is 1.25 bits per heavy atom. The van der Waals surface area contributed by atoms with Crippen molar-refractivity contribution < 1.29 is 44.0 Å². The summed E-state index contributed by atoms with van der Waals surface area (Å²) < 4.78 is 19.0. The topological polar surface area (TPSA) is 160 Å². The molecule has 0 bridgehead atoms. The summed E-state index contributed by atoms with van der Waals surface area (Å²) in [7, 11) is -5.16. The predicted octanol–water partition coefficient (Wildman–Crippen LogP) is -3.74. The largest absolute Gasteiger partial charge is 0.756 e. The van der Waals surface area contributed by atoms with Crippen molar-refractivity contribution in [2.75, 3.05) is 6.61 Å². The molecule has 0 aromatic heterocycles. The maximum absolute atomic E-state index is 10.4. The van der Waals surface area contributed by atoms with Crippen LogP contribution < -0.4 is 4.89 Å². The zero-order chi connectivity index (χ0) is 12.5. The highest BCUT2D eigenvalue weighted by molar-refractivity contribution is 7.44. The molecule has 0 aromatic rings. The van der Waals surface area contributed by atoms with Gasteiger partial charge in [-0.15, -0.1) is 0 Å². The summed E-state index contributed by atoms with van der Waals surface area (Å²) in [6.45, 7) is -0.723. The zero-order valence-corrected chi connectivity index (χ0v) is 8.80. The van der Waals surface area contributed by atoms with Gasteiger partial charge < -0.3 is 34.9 Å². The molecule has 1 rings (SSSR count). The van der Waals surface area contributed by atoms with Crippen molar-refractivity contribution in [3.05, 3.63) is 0 Å². The van der Waals surface area contributed by atoms with Gasteiger partial charge in [-0.3, -0.25) is 9.09 Å². The Labute approximate surface area is 90.1 Å². The van der Waals surface area contributed by atoms with E-state index < -0.39 is 45.1 Å². The van der Waals surface area contributed by atoms with Crippen LogP contribution in [0.25, 0.3) is 0 Å². The second kappa shape index (κ2) is 5.05. The molecule has 5 N–H and O–H groups in total. The first-order valence-electron chi connectivity index (χ1n) is 4.29. The third-order valence-corrected chi connectivity index (χ3v) is 2.56. The van der Waals surface area contributed by atoms with Crippen LogP contribution in [-0.4, -0.2) is 62.6 Å². The number of ether oxygens (including phenoxy) is 1. The van der Waals surface area contributed by atoms with E-state index >= 15 is 0 Å². The maximum Gasteiger partial charge on any atom is 0.267 e. The van der Waals surface area contributed by atoms with Crippen molar-refractivity contribution >= 4 is 7.82 Å². The van der Waals surface area contributed by atoms with Crippen molar-refractivity contribution in [3.8, 4) is 0 Å². The van der Waals surface area contributed by atoms with Crippen molar-refractivity contribution in [2.45, 2.75) is 30.7 Å². The molecule has 6 atom stereocenters. The van der Waals surface area contributed by atoms with Crippen LogP contribution in [0.15, 0.2) is 0 Å². The van der Waals surface area contributed by atoms with E-state index in [2.05, 4.69) is 9.26 Å². The van der Waals surface area contributed by atoms with E-state index in [0.717, 1.165) is 0 Å². The zero-order valence-electron chi connectivity index (χ0n) is 7.91. The molecule has 1 heterocycles. The SMILES string of the molecule is O=P([O-])(O)O[C@H]1O[C@H](CO)[C@H](O)[C@H](O)[C@H]1O. The third kappa shape index (κ3) is 3.20. The number of aliphatic hydroxyl groups excluding tert-OH is 4. The minimum Gasteiger partial charge on any atom is -0.756 e. The molecule has 0 radical (unpaired) electrons. The van der Waals surface area contributed by atoms with Crippen LogP contribution in [0.2, 0.25) is 0 Å². The van der Waals surface area contributed by atoms with E-state index in [1.54, 1.807) is 0 Å². The molecule has 1 saturated heterocycles. The molecule has 16 heavy (non-hydrogen) atoms. The molecule has 96 valence electrons. The lowest BCUT2D eigenvalue weighted by Crippen LogP contribution is -2.59. The van der Waals surface area contributed by atoms with Gasteiger partial charge in [0.05, 0.1) is 6.61 Å². The summed E-state index contributed by atoms with van der Waals surface area (Å²) in [5.74, 6) is 0. The first-order chi connectivity index (χ1) is 7.26. The van der Waals surface area contributed by atoms with Crippen molar-refractivity contribution in [1.82, 2.24) is 0 Å². The van der Waals surface area contributed by atoms with Crippen LogP contribution in [0.5, 0.6) is 0 Å². The second-order valence-corrected chi connectivity index (χ2v) is 4.42. The number of hydrogen-bond acceptors (Lipinski definition) is 8. The van der Waals surface area contributed by atoms with Gasteiger partial charge in [-0.05, 0) is 0 Å². The smallest absolute Gasteiger partial charge is 0.267 e. The monoisotopic (exact) mass is 259 g/mol. The lowest BCUT2D eigenvalue weighted by atomic mass is 10.00. The number of hydrogen-bond donors (Lipinski definition) is 5. The van der Waals surface area contributed by atoms with Gasteiger partial charge in [-0.2, -0.15) is 0 Å². The summed E-state index contributed by atoms with van der Waals surface area (Å²) in [5.41, 5.74) is 0.